The average Bonchev–Trinajstić information content (AvgIpc) is 3.26. The van der Waals surface area contributed by atoms with Gasteiger partial charge in [-0.3, -0.25) is 0 Å². The first kappa shape index (κ1) is 20.9. The van der Waals surface area contributed by atoms with Crippen LogP contribution in [0.5, 0.6) is 11.5 Å². The summed E-state index contributed by atoms with van der Waals surface area (Å²) in [5, 5.41) is 8.41. The molecule has 2 aromatic carbocycles. The number of fused-ring (bicyclic) bond motifs is 2. The number of benzene rings is 2. The molecule has 7 nitrogen and oxygen atoms in total. The van der Waals surface area contributed by atoms with E-state index in [-0.39, 0.29) is 5.82 Å². The second-order valence-electron chi connectivity index (χ2n) is 8.80. The van der Waals surface area contributed by atoms with E-state index < -0.39 is 0 Å². The molecule has 0 bridgehead atoms. The molecule has 174 valence electrons. The highest BCUT2D eigenvalue weighted by Crippen LogP contribution is 2.45. The van der Waals surface area contributed by atoms with Crippen molar-refractivity contribution in [3.63, 3.8) is 0 Å². The molecule has 1 fully saturated rings. The third kappa shape index (κ3) is 3.28. The van der Waals surface area contributed by atoms with Gasteiger partial charge in [-0.05, 0) is 49.9 Å². The van der Waals surface area contributed by atoms with E-state index >= 15 is 4.39 Å². The molecule has 2 aromatic heterocycles. The maximum absolute atomic E-state index is 15.2. The molecule has 8 heteroatoms. The molecular formula is C26H26FN5O2. The summed E-state index contributed by atoms with van der Waals surface area (Å²) >= 11 is 0. The Morgan fingerprint density at radius 2 is 2.03 bits per heavy atom. The molecule has 0 spiro atoms. The summed E-state index contributed by atoms with van der Waals surface area (Å²) in [5.74, 6) is 1.07. The Bertz CT molecular complexity index is 1380. The van der Waals surface area contributed by atoms with Crippen LogP contribution in [0, 0.1) is 5.82 Å². The van der Waals surface area contributed by atoms with E-state index in [4.69, 9.17) is 9.47 Å². The smallest absolute Gasteiger partial charge is 0.183 e. The fraction of sp³-hybridized carbons (Fsp3) is 0.346. The number of aryl methyl sites for hydroxylation is 1. The van der Waals surface area contributed by atoms with Crippen LogP contribution in [0.15, 0.2) is 42.9 Å². The third-order valence-corrected chi connectivity index (χ3v) is 7.01. The monoisotopic (exact) mass is 459 g/mol. The normalized spacial score (nSPS) is 15.7. The number of hydrogen-bond acceptors (Lipinski definition) is 6. The highest BCUT2D eigenvalue weighted by molar-refractivity contribution is 5.91. The fourth-order valence-electron chi connectivity index (χ4n) is 4.94. The highest BCUT2D eigenvalue weighted by Gasteiger charge is 2.31. The Morgan fingerprint density at radius 1 is 1.15 bits per heavy atom. The minimum Gasteiger partial charge on any atom is -0.496 e. The van der Waals surface area contributed by atoms with Crippen molar-refractivity contribution in [3.05, 3.63) is 48.7 Å². The second kappa shape index (κ2) is 8.27. The maximum Gasteiger partial charge on any atom is 0.183 e. The number of hydrogen-bond donors (Lipinski definition) is 0. The van der Waals surface area contributed by atoms with Crippen molar-refractivity contribution in [2.24, 2.45) is 0 Å². The second-order valence-corrected chi connectivity index (χ2v) is 8.80. The molecule has 1 aliphatic carbocycles. The van der Waals surface area contributed by atoms with Crippen LogP contribution in [0.3, 0.4) is 0 Å². The van der Waals surface area contributed by atoms with Gasteiger partial charge in [0, 0.05) is 35.3 Å². The molecule has 6 rings (SSSR count). The maximum atomic E-state index is 15.2. The number of halogens is 1. The van der Waals surface area contributed by atoms with Crippen LogP contribution >= 0.6 is 0 Å². The lowest BCUT2D eigenvalue weighted by Gasteiger charge is -2.42. The highest BCUT2D eigenvalue weighted by atomic mass is 19.1. The molecule has 0 amide bonds. The first-order valence-corrected chi connectivity index (χ1v) is 11.8. The minimum atomic E-state index is -0.328. The van der Waals surface area contributed by atoms with Gasteiger partial charge in [0.25, 0.3) is 0 Å². The molecular weight excluding hydrogens is 433 g/mol. The van der Waals surface area contributed by atoms with Gasteiger partial charge in [0.15, 0.2) is 5.65 Å². The molecule has 34 heavy (non-hydrogen) atoms. The van der Waals surface area contributed by atoms with Gasteiger partial charge in [0.05, 0.1) is 31.9 Å². The summed E-state index contributed by atoms with van der Waals surface area (Å²) < 4.78 is 28.9. The van der Waals surface area contributed by atoms with E-state index in [0.717, 1.165) is 41.2 Å². The first-order chi connectivity index (χ1) is 16.7. The van der Waals surface area contributed by atoms with Crippen LogP contribution in [0.2, 0.25) is 0 Å². The van der Waals surface area contributed by atoms with Crippen LogP contribution in [0.4, 0.5) is 10.1 Å². The minimum absolute atomic E-state index is 0.328. The lowest BCUT2D eigenvalue weighted by atomic mass is 9.90. The summed E-state index contributed by atoms with van der Waals surface area (Å²) in [6, 6.07) is 9.50. The van der Waals surface area contributed by atoms with Gasteiger partial charge in [0.2, 0.25) is 0 Å². The molecule has 1 aliphatic heterocycles. The van der Waals surface area contributed by atoms with Gasteiger partial charge >= 0.3 is 0 Å². The number of ether oxygens (including phenoxy) is 2. The summed E-state index contributed by atoms with van der Waals surface area (Å²) in [5.41, 5.74) is 5.21. The van der Waals surface area contributed by atoms with Crippen molar-refractivity contribution in [3.8, 4) is 33.8 Å². The van der Waals surface area contributed by atoms with E-state index in [1.807, 2.05) is 29.7 Å². The van der Waals surface area contributed by atoms with Gasteiger partial charge in [-0.25, -0.2) is 9.37 Å². The molecule has 4 aromatic rings. The van der Waals surface area contributed by atoms with E-state index in [2.05, 4.69) is 20.1 Å². The Balaban J connectivity index is 1.47. The van der Waals surface area contributed by atoms with E-state index in [0.29, 0.717) is 35.2 Å². The third-order valence-electron chi connectivity index (χ3n) is 7.01. The summed E-state index contributed by atoms with van der Waals surface area (Å²) in [7, 11) is 1.62. The lowest BCUT2D eigenvalue weighted by molar-refractivity contribution is 0.279. The fourth-order valence-corrected chi connectivity index (χ4v) is 4.94. The van der Waals surface area contributed by atoms with Crippen molar-refractivity contribution in [1.29, 1.82) is 0 Å². The Morgan fingerprint density at radius 3 is 2.79 bits per heavy atom. The molecule has 0 atom stereocenters. The lowest BCUT2D eigenvalue weighted by Crippen LogP contribution is -2.44. The number of methoxy groups -OCH3 is 1. The molecule has 0 saturated heterocycles. The molecule has 3 heterocycles. The van der Waals surface area contributed by atoms with Crippen molar-refractivity contribution in [2.45, 2.75) is 38.8 Å². The average molecular weight is 460 g/mol. The van der Waals surface area contributed by atoms with Gasteiger partial charge in [0.1, 0.15) is 29.4 Å². The number of imidazole rings is 1. The summed E-state index contributed by atoms with van der Waals surface area (Å²) in [4.78, 5) is 6.94. The SMILES string of the molecule is CCn1cnc2c(-c3ccc(F)c(-c4cc5c(cc4OC)N(C4CCC4)CCO5)c3)cnnc21. The number of anilines is 1. The van der Waals surface area contributed by atoms with Gasteiger partial charge in [-0.15, -0.1) is 5.10 Å². The summed E-state index contributed by atoms with van der Waals surface area (Å²) in [6.45, 7) is 4.26. The van der Waals surface area contributed by atoms with Crippen molar-refractivity contribution >= 4 is 16.9 Å². The molecule has 1 saturated carbocycles. The van der Waals surface area contributed by atoms with E-state index in [9.17, 15) is 0 Å². The zero-order valence-corrected chi connectivity index (χ0v) is 19.3. The molecule has 0 N–H and O–H groups in total. The Kier molecular flexibility index (Phi) is 5.08. The quantitative estimate of drug-likeness (QED) is 0.415. The van der Waals surface area contributed by atoms with Crippen LogP contribution in [0.25, 0.3) is 33.4 Å². The zero-order valence-electron chi connectivity index (χ0n) is 19.3. The van der Waals surface area contributed by atoms with E-state index in [1.165, 1.54) is 25.3 Å². The predicted octanol–water partition coefficient (Wildman–Crippen LogP) is 5.08. The summed E-state index contributed by atoms with van der Waals surface area (Å²) in [6.07, 6.45) is 7.09. The molecule has 0 unspecified atom stereocenters. The standard InChI is InChI=1S/C26H26FN5O2/c1-3-31-15-28-25-20(14-29-30-26(25)31)16-7-8-21(27)18(11-16)19-12-24-22(13-23(19)33-2)32(9-10-34-24)17-5-4-6-17/h7-8,11-15,17H,3-6,9-10H2,1-2H3. The largest absolute Gasteiger partial charge is 0.496 e. The van der Waals surface area contributed by atoms with Crippen LogP contribution < -0.4 is 14.4 Å². The number of rotatable bonds is 5. The van der Waals surface area contributed by atoms with Gasteiger partial charge < -0.3 is 18.9 Å². The van der Waals surface area contributed by atoms with Crippen LogP contribution in [0.1, 0.15) is 26.2 Å². The van der Waals surface area contributed by atoms with E-state index in [1.54, 1.807) is 25.7 Å². The first-order valence-electron chi connectivity index (χ1n) is 11.8. The Hall–Kier alpha value is -3.68. The van der Waals surface area contributed by atoms with Crippen LogP contribution in [-0.2, 0) is 6.54 Å². The van der Waals surface area contributed by atoms with Gasteiger partial charge in [-0.2, -0.15) is 5.10 Å². The van der Waals surface area contributed by atoms with Crippen molar-refractivity contribution < 1.29 is 13.9 Å². The molecule has 2 aliphatic rings. The van der Waals surface area contributed by atoms with Crippen molar-refractivity contribution in [1.82, 2.24) is 19.7 Å². The van der Waals surface area contributed by atoms with Gasteiger partial charge in [-0.1, -0.05) is 6.07 Å². The Labute approximate surface area is 197 Å². The molecule has 0 radical (unpaired) electrons. The topological polar surface area (TPSA) is 65.3 Å². The van der Waals surface area contributed by atoms with Crippen molar-refractivity contribution in [2.75, 3.05) is 25.2 Å². The predicted molar refractivity (Wildman–Crippen MR) is 129 cm³/mol. The number of aromatic nitrogens is 4. The van der Waals surface area contributed by atoms with Crippen LogP contribution in [-0.4, -0.2) is 46.1 Å². The zero-order chi connectivity index (χ0) is 23.2. The number of nitrogens with zero attached hydrogens (tertiary/aromatic N) is 5.